The van der Waals surface area contributed by atoms with Gasteiger partial charge in [-0.25, -0.2) is 4.39 Å². The van der Waals surface area contributed by atoms with Crippen LogP contribution in [0, 0.1) is 12.7 Å². The highest BCUT2D eigenvalue weighted by Crippen LogP contribution is 2.32. The van der Waals surface area contributed by atoms with E-state index in [1.54, 1.807) is 13.0 Å². The molecule has 0 atom stereocenters. The fourth-order valence-electron chi connectivity index (χ4n) is 1.85. The van der Waals surface area contributed by atoms with Gasteiger partial charge < -0.3 is 10.6 Å². The monoisotopic (exact) mass is 266 g/mol. The number of aryl methyl sites for hydroxylation is 1. The highest BCUT2D eigenvalue weighted by Gasteiger charge is 2.17. The first-order valence-electron chi connectivity index (χ1n) is 5.75. The number of halogens is 1. The summed E-state index contributed by atoms with van der Waals surface area (Å²) in [5, 5.41) is 6.32. The minimum absolute atomic E-state index is 0.136. The molecule has 0 radical (unpaired) electrons. The molecule has 0 aliphatic heterocycles. The number of likely N-dealkylation sites (N-methyl/N-ethyl adjacent to an activating group) is 1. The molecule has 1 heterocycles. The van der Waals surface area contributed by atoms with Crippen LogP contribution in [0.3, 0.4) is 0 Å². The maximum atomic E-state index is 13.7. The smallest absolute Gasteiger partial charge is 0.261 e. The zero-order chi connectivity index (χ0) is 13.1. The van der Waals surface area contributed by atoms with E-state index in [1.165, 1.54) is 17.4 Å². The van der Waals surface area contributed by atoms with Crippen LogP contribution in [0.5, 0.6) is 0 Å². The molecule has 0 fully saturated rings. The topological polar surface area (TPSA) is 41.1 Å². The second kappa shape index (κ2) is 5.46. The molecule has 1 amide bonds. The molecule has 0 aliphatic carbocycles. The molecular weight excluding hydrogens is 251 g/mol. The highest BCUT2D eigenvalue weighted by molar-refractivity contribution is 7.21. The quantitative estimate of drug-likeness (QED) is 0.834. The Balaban J connectivity index is 2.31. The summed E-state index contributed by atoms with van der Waals surface area (Å²) >= 11 is 1.33. The van der Waals surface area contributed by atoms with E-state index in [0.29, 0.717) is 23.4 Å². The van der Waals surface area contributed by atoms with E-state index in [9.17, 15) is 9.18 Å². The summed E-state index contributed by atoms with van der Waals surface area (Å²) in [6.07, 6.45) is 0. The van der Waals surface area contributed by atoms with Crippen LogP contribution < -0.4 is 10.6 Å². The van der Waals surface area contributed by atoms with Gasteiger partial charge in [0.05, 0.1) is 4.88 Å². The van der Waals surface area contributed by atoms with E-state index in [-0.39, 0.29) is 11.7 Å². The van der Waals surface area contributed by atoms with Crippen LogP contribution in [-0.2, 0) is 0 Å². The molecule has 3 nitrogen and oxygen atoms in total. The molecule has 2 N–H and O–H groups in total. The van der Waals surface area contributed by atoms with Gasteiger partial charge in [-0.2, -0.15) is 0 Å². The van der Waals surface area contributed by atoms with Crippen molar-refractivity contribution in [2.45, 2.75) is 6.92 Å². The summed E-state index contributed by atoms with van der Waals surface area (Å²) in [4.78, 5) is 12.6. The van der Waals surface area contributed by atoms with Crippen molar-refractivity contribution in [1.29, 1.82) is 0 Å². The lowest BCUT2D eigenvalue weighted by molar-refractivity contribution is 0.0957. The Bertz CT molecular complexity index is 580. The second-order valence-electron chi connectivity index (χ2n) is 4.03. The Labute approximate surface area is 109 Å². The van der Waals surface area contributed by atoms with Crippen LogP contribution in [0.25, 0.3) is 10.1 Å². The molecule has 0 unspecified atom stereocenters. The summed E-state index contributed by atoms with van der Waals surface area (Å²) in [5.74, 6) is -0.404. The van der Waals surface area contributed by atoms with Crippen molar-refractivity contribution in [3.8, 4) is 0 Å². The van der Waals surface area contributed by atoms with Gasteiger partial charge in [0.2, 0.25) is 0 Å². The molecule has 5 heteroatoms. The Morgan fingerprint density at radius 1 is 1.39 bits per heavy atom. The van der Waals surface area contributed by atoms with Crippen molar-refractivity contribution in [2.75, 3.05) is 20.1 Å². The average molecular weight is 266 g/mol. The maximum absolute atomic E-state index is 13.7. The number of carbonyl (C=O) groups excluding carboxylic acids is 1. The molecule has 0 saturated heterocycles. The minimum Gasteiger partial charge on any atom is -0.350 e. The molecule has 0 spiro atoms. The molecule has 0 aliphatic rings. The first-order valence-corrected chi connectivity index (χ1v) is 6.57. The lowest BCUT2D eigenvalue weighted by atomic mass is 10.1. The van der Waals surface area contributed by atoms with Crippen molar-refractivity contribution in [3.05, 3.63) is 34.5 Å². The minimum atomic E-state index is -0.268. The van der Waals surface area contributed by atoms with Gasteiger partial charge in [0.1, 0.15) is 5.82 Å². The zero-order valence-corrected chi connectivity index (χ0v) is 11.2. The fourth-order valence-corrected chi connectivity index (χ4v) is 2.99. The van der Waals surface area contributed by atoms with Crippen LogP contribution in [0.15, 0.2) is 18.2 Å². The lowest BCUT2D eigenvalue weighted by Crippen LogP contribution is -2.30. The molecule has 0 bridgehead atoms. The Morgan fingerprint density at radius 3 is 2.83 bits per heavy atom. The SMILES string of the molecule is CNCCNC(=O)c1sc2cccc(F)c2c1C. The van der Waals surface area contributed by atoms with Crippen LogP contribution in [0.4, 0.5) is 4.39 Å². The van der Waals surface area contributed by atoms with Crippen LogP contribution in [0.1, 0.15) is 15.2 Å². The normalized spacial score (nSPS) is 10.8. The van der Waals surface area contributed by atoms with Gasteiger partial charge in [-0.3, -0.25) is 4.79 Å². The van der Waals surface area contributed by atoms with Crippen molar-refractivity contribution < 1.29 is 9.18 Å². The summed E-state index contributed by atoms with van der Waals surface area (Å²) in [6.45, 7) is 3.06. The largest absolute Gasteiger partial charge is 0.350 e. The molecule has 0 saturated carbocycles. The number of fused-ring (bicyclic) bond motifs is 1. The number of benzene rings is 1. The summed E-state index contributed by atoms with van der Waals surface area (Å²) < 4.78 is 14.5. The van der Waals surface area contributed by atoms with Crippen molar-refractivity contribution in [2.24, 2.45) is 0 Å². The third-order valence-corrected chi connectivity index (χ3v) is 4.03. The predicted molar refractivity (Wildman–Crippen MR) is 72.8 cm³/mol. The maximum Gasteiger partial charge on any atom is 0.261 e. The van der Waals surface area contributed by atoms with E-state index in [1.807, 2.05) is 13.1 Å². The lowest BCUT2D eigenvalue weighted by Gasteiger charge is -2.03. The highest BCUT2D eigenvalue weighted by atomic mass is 32.1. The van der Waals surface area contributed by atoms with Gasteiger partial charge in [-0.05, 0) is 31.7 Å². The van der Waals surface area contributed by atoms with Gasteiger partial charge in [-0.15, -0.1) is 11.3 Å². The fraction of sp³-hybridized carbons (Fsp3) is 0.308. The van der Waals surface area contributed by atoms with Crippen LogP contribution in [-0.4, -0.2) is 26.0 Å². The zero-order valence-electron chi connectivity index (χ0n) is 10.3. The molecule has 1 aromatic carbocycles. The molecule has 2 aromatic rings. The third-order valence-electron chi connectivity index (χ3n) is 2.77. The van der Waals surface area contributed by atoms with E-state index in [4.69, 9.17) is 0 Å². The molecule has 2 rings (SSSR count). The number of thiophene rings is 1. The number of hydrogen-bond acceptors (Lipinski definition) is 3. The van der Waals surface area contributed by atoms with E-state index in [0.717, 1.165) is 10.3 Å². The predicted octanol–water partition coefficient (Wildman–Crippen LogP) is 2.30. The number of rotatable bonds is 4. The average Bonchev–Trinajstić information content (AvgIpc) is 2.68. The van der Waals surface area contributed by atoms with Gasteiger partial charge in [0.25, 0.3) is 5.91 Å². The third kappa shape index (κ3) is 2.37. The van der Waals surface area contributed by atoms with Crippen molar-refractivity contribution in [1.82, 2.24) is 10.6 Å². The Kier molecular flexibility index (Phi) is 3.93. The van der Waals surface area contributed by atoms with E-state index in [2.05, 4.69) is 10.6 Å². The summed E-state index contributed by atoms with van der Waals surface area (Å²) in [5.41, 5.74) is 0.718. The van der Waals surface area contributed by atoms with Crippen LogP contribution in [0.2, 0.25) is 0 Å². The first kappa shape index (κ1) is 13.0. The van der Waals surface area contributed by atoms with E-state index < -0.39 is 0 Å². The Morgan fingerprint density at radius 2 is 2.17 bits per heavy atom. The first-order chi connectivity index (χ1) is 8.65. The number of carbonyl (C=O) groups is 1. The number of amides is 1. The standard InChI is InChI=1S/C13H15FN2OS/c1-8-11-9(14)4-3-5-10(11)18-12(8)13(17)16-7-6-15-2/h3-5,15H,6-7H2,1-2H3,(H,16,17). The second-order valence-corrected chi connectivity index (χ2v) is 5.08. The summed E-state index contributed by atoms with van der Waals surface area (Å²) in [7, 11) is 1.83. The molecule has 96 valence electrons. The van der Waals surface area contributed by atoms with Gasteiger partial charge in [-0.1, -0.05) is 6.07 Å². The van der Waals surface area contributed by atoms with Crippen molar-refractivity contribution >= 4 is 27.3 Å². The van der Waals surface area contributed by atoms with Crippen molar-refractivity contribution in [3.63, 3.8) is 0 Å². The van der Waals surface area contributed by atoms with Gasteiger partial charge >= 0.3 is 0 Å². The molecule has 18 heavy (non-hydrogen) atoms. The molecular formula is C13H15FN2OS. The van der Waals surface area contributed by atoms with Gasteiger partial charge in [0.15, 0.2) is 0 Å². The summed E-state index contributed by atoms with van der Waals surface area (Å²) in [6, 6.07) is 4.92. The Hall–Kier alpha value is -1.46. The van der Waals surface area contributed by atoms with Crippen LogP contribution >= 0.6 is 11.3 Å². The van der Waals surface area contributed by atoms with Gasteiger partial charge in [0, 0.05) is 23.2 Å². The van der Waals surface area contributed by atoms with E-state index >= 15 is 0 Å². The number of nitrogens with one attached hydrogen (secondary N) is 2. The molecule has 1 aromatic heterocycles. The number of hydrogen-bond donors (Lipinski definition) is 2.